The number of halogens is 1. The molecule has 1 N–H and O–H groups in total. The third-order valence-electron chi connectivity index (χ3n) is 1.90. The molecule has 0 aliphatic carbocycles. The third kappa shape index (κ3) is 1.54. The molecular formula is C10H6BrN3. The number of allylic oxidation sites excluding steroid dienone is 1. The van der Waals surface area contributed by atoms with Gasteiger partial charge in [0.2, 0.25) is 0 Å². The van der Waals surface area contributed by atoms with Crippen LogP contribution in [0.4, 0.5) is 0 Å². The van der Waals surface area contributed by atoms with Crippen molar-refractivity contribution in [2.24, 2.45) is 0 Å². The van der Waals surface area contributed by atoms with E-state index in [1.807, 2.05) is 18.3 Å². The van der Waals surface area contributed by atoms with Crippen LogP contribution < -0.4 is 0 Å². The molecule has 0 amide bonds. The zero-order valence-electron chi connectivity index (χ0n) is 7.16. The molecule has 0 bridgehead atoms. The van der Waals surface area contributed by atoms with Gasteiger partial charge in [-0.1, -0.05) is 0 Å². The lowest BCUT2D eigenvalue weighted by molar-refractivity contribution is 1.30. The Balaban J connectivity index is 2.59. The second-order valence-corrected chi connectivity index (χ2v) is 3.57. The lowest BCUT2D eigenvalue weighted by Crippen LogP contribution is -1.75. The van der Waals surface area contributed by atoms with Crippen LogP contribution in [0.3, 0.4) is 0 Å². The molecule has 0 radical (unpaired) electrons. The second kappa shape index (κ2) is 3.64. The van der Waals surface area contributed by atoms with Gasteiger partial charge in [-0.15, -0.1) is 0 Å². The molecular weight excluding hydrogens is 242 g/mol. The molecule has 0 atom stereocenters. The minimum atomic E-state index is 0.794. The van der Waals surface area contributed by atoms with E-state index < -0.39 is 0 Å². The molecule has 2 rings (SSSR count). The van der Waals surface area contributed by atoms with Crippen molar-refractivity contribution in [3.8, 4) is 6.07 Å². The average molecular weight is 248 g/mol. The van der Waals surface area contributed by atoms with Gasteiger partial charge in [-0.3, -0.25) is 0 Å². The van der Waals surface area contributed by atoms with Crippen molar-refractivity contribution in [3.05, 3.63) is 34.7 Å². The quantitative estimate of drug-likeness (QED) is 0.623. The van der Waals surface area contributed by atoms with E-state index in [4.69, 9.17) is 5.26 Å². The van der Waals surface area contributed by atoms with Crippen LogP contribution in [-0.4, -0.2) is 9.97 Å². The average Bonchev–Trinajstić information content (AvgIpc) is 2.57. The summed E-state index contributed by atoms with van der Waals surface area (Å²) in [5.74, 6) is 0. The number of fused-ring (bicyclic) bond motifs is 1. The predicted octanol–water partition coefficient (Wildman–Crippen LogP) is 2.86. The summed E-state index contributed by atoms with van der Waals surface area (Å²) in [6.07, 6.45) is 6.83. The van der Waals surface area contributed by atoms with Gasteiger partial charge in [0.1, 0.15) is 4.60 Å². The molecule has 14 heavy (non-hydrogen) atoms. The van der Waals surface area contributed by atoms with Crippen molar-refractivity contribution in [2.45, 2.75) is 0 Å². The van der Waals surface area contributed by atoms with Crippen molar-refractivity contribution in [1.82, 2.24) is 9.97 Å². The van der Waals surface area contributed by atoms with Gasteiger partial charge in [-0.05, 0) is 28.1 Å². The first-order valence-electron chi connectivity index (χ1n) is 4.00. The van der Waals surface area contributed by atoms with Crippen LogP contribution in [0.1, 0.15) is 5.56 Å². The summed E-state index contributed by atoms with van der Waals surface area (Å²) in [5, 5.41) is 9.42. The molecule has 4 heteroatoms. The second-order valence-electron chi connectivity index (χ2n) is 2.76. The summed E-state index contributed by atoms with van der Waals surface area (Å²) in [6.45, 7) is 0. The Morgan fingerprint density at radius 2 is 2.43 bits per heavy atom. The number of hydrogen-bond acceptors (Lipinski definition) is 2. The predicted molar refractivity (Wildman–Crippen MR) is 58.4 cm³/mol. The van der Waals surface area contributed by atoms with Crippen LogP contribution in [0, 0.1) is 11.3 Å². The molecule has 0 spiro atoms. The summed E-state index contributed by atoms with van der Waals surface area (Å²) < 4.78 is 0.794. The van der Waals surface area contributed by atoms with Crippen LogP contribution in [0.25, 0.3) is 17.0 Å². The Kier molecular flexibility index (Phi) is 2.33. The first-order valence-corrected chi connectivity index (χ1v) is 4.79. The molecule has 2 aromatic rings. The third-order valence-corrected chi connectivity index (χ3v) is 2.34. The fourth-order valence-electron chi connectivity index (χ4n) is 1.28. The van der Waals surface area contributed by atoms with E-state index in [9.17, 15) is 0 Å². The topological polar surface area (TPSA) is 52.5 Å². The summed E-state index contributed by atoms with van der Waals surface area (Å²) in [6, 6.07) is 3.86. The maximum atomic E-state index is 8.41. The van der Waals surface area contributed by atoms with E-state index in [1.165, 1.54) is 6.08 Å². The molecule has 0 aromatic carbocycles. The number of nitrogens with one attached hydrogen (secondary N) is 1. The number of nitriles is 1. The molecule has 0 saturated carbocycles. The van der Waals surface area contributed by atoms with E-state index in [-0.39, 0.29) is 0 Å². The van der Waals surface area contributed by atoms with Gasteiger partial charge in [0.05, 0.1) is 11.6 Å². The summed E-state index contributed by atoms with van der Waals surface area (Å²) in [7, 11) is 0. The van der Waals surface area contributed by atoms with Gasteiger partial charge in [-0.25, -0.2) is 4.98 Å². The Morgan fingerprint density at radius 3 is 3.21 bits per heavy atom. The first-order chi connectivity index (χ1) is 6.81. The Bertz CT molecular complexity index is 534. The summed E-state index contributed by atoms with van der Waals surface area (Å²) in [4.78, 5) is 7.24. The van der Waals surface area contributed by atoms with E-state index in [1.54, 1.807) is 12.3 Å². The van der Waals surface area contributed by atoms with Crippen molar-refractivity contribution in [3.63, 3.8) is 0 Å². The lowest BCUT2D eigenvalue weighted by atomic mass is 10.2. The van der Waals surface area contributed by atoms with Crippen LogP contribution in [0.2, 0.25) is 0 Å². The molecule has 0 unspecified atom stereocenters. The zero-order valence-corrected chi connectivity index (χ0v) is 8.75. The number of hydrogen-bond donors (Lipinski definition) is 1. The highest BCUT2D eigenvalue weighted by Gasteiger charge is 2.01. The molecule has 0 aliphatic rings. The Labute approximate surface area is 89.2 Å². The number of rotatable bonds is 1. The molecule has 0 aliphatic heterocycles. The van der Waals surface area contributed by atoms with Gasteiger partial charge < -0.3 is 4.98 Å². The van der Waals surface area contributed by atoms with E-state index in [2.05, 4.69) is 25.9 Å². The smallest absolute Gasteiger partial charge is 0.108 e. The van der Waals surface area contributed by atoms with E-state index >= 15 is 0 Å². The standard InChI is InChI=1S/C10H6BrN3/c11-10-4-9-8(6-14-10)7(5-13-9)2-1-3-12/h1-2,4-6,13H. The zero-order chi connectivity index (χ0) is 9.97. The minimum absolute atomic E-state index is 0.794. The highest BCUT2D eigenvalue weighted by Crippen LogP contribution is 2.20. The maximum Gasteiger partial charge on any atom is 0.108 e. The first kappa shape index (κ1) is 8.97. The number of nitrogens with zero attached hydrogens (tertiary/aromatic N) is 2. The van der Waals surface area contributed by atoms with Crippen LogP contribution >= 0.6 is 15.9 Å². The van der Waals surface area contributed by atoms with E-state index in [0.29, 0.717) is 0 Å². The number of pyridine rings is 1. The van der Waals surface area contributed by atoms with Crippen LogP contribution in [0.5, 0.6) is 0 Å². The number of aromatic nitrogens is 2. The van der Waals surface area contributed by atoms with E-state index in [0.717, 1.165) is 21.1 Å². The highest BCUT2D eigenvalue weighted by atomic mass is 79.9. The molecule has 2 heterocycles. The van der Waals surface area contributed by atoms with Gasteiger partial charge in [0.25, 0.3) is 0 Å². The molecule has 2 aromatic heterocycles. The lowest BCUT2D eigenvalue weighted by Gasteiger charge is -1.91. The molecule has 0 saturated heterocycles. The van der Waals surface area contributed by atoms with Gasteiger partial charge >= 0.3 is 0 Å². The summed E-state index contributed by atoms with van der Waals surface area (Å²) >= 11 is 3.29. The van der Waals surface area contributed by atoms with Gasteiger partial charge in [0, 0.05) is 29.4 Å². The Hall–Kier alpha value is -1.60. The highest BCUT2D eigenvalue weighted by molar-refractivity contribution is 9.10. The van der Waals surface area contributed by atoms with Gasteiger partial charge in [0.15, 0.2) is 0 Å². The maximum absolute atomic E-state index is 8.41. The van der Waals surface area contributed by atoms with Crippen molar-refractivity contribution < 1.29 is 0 Å². The van der Waals surface area contributed by atoms with Crippen molar-refractivity contribution >= 4 is 32.9 Å². The fourth-order valence-corrected chi connectivity index (χ4v) is 1.61. The molecule has 3 nitrogen and oxygen atoms in total. The monoisotopic (exact) mass is 247 g/mol. The number of H-pyrrole nitrogens is 1. The summed E-state index contributed by atoms with van der Waals surface area (Å²) in [5.41, 5.74) is 1.98. The van der Waals surface area contributed by atoms with Crippen molar-refractivity contribution in [1.29, 1.82) is 5.26 Å². The normalized spacial score (nSPS) is 10.9. The van der Waals surface area contributed by atoms with Crippen LogP contribution in [-0.2, 0) is 0 Å². The minimum Gasteiger partial charge on any atom is -0.360 e. The Morgan fingerprint density at radius 1 is 1.57 bits per heavy atom. The number of aromatic amines is 1. The SMILES string of the molecule is N#CC=Cc1c[nH]c2cc(Br)ncc12. The van der Waals surface area contributed by atoms with Crippen LogP contribution in [0.15, 0.2) is 29.1 Å². The van der Waals surface area contributed by atoms with Crippen molar-refractivity contribution in [2.75, 3.05) is 0 Å². The van der Waals surface area contributed by atoms with Gasteiger partial charge in [-0.2, -0.15) is 5.26 Å². The largest absolute Gasteiger partial charge is 0.360 e. The molecule has 0 fully saturated rings. The fraction of sp³-hybridized carbons (Fsp3) is 0. The molecule has 68 valence electrons.